The van der Waals surface area contributed by atoms with Gasteiger partial charge in [-0.25, -0.2) is 0 Å². The molecule has 0 aliphatic heterocycles. The maximum atomic E-state index is 5.57. The minimum Gasteiger partial charge on any atom is -0.380 e. The number of likely N-dealkylation sites (N-methyl/N-ethyl adjacent to an activating group) is 1. The zero-order valence-corrected chi connectivity index (χ0v) is 10.9. The van der Waals surface area contributed by atoms with E-state index in [4.69, 9.17) is 4.74 Å². The van der Waals surface area contributed by atoms with Crippen LogP contribution in [0.4, 0.5) is 0 Å². The molecule has 92 valence electrons. The SMILES string of the molecule is CCN(CC)CCOCCCNC(C)C. The lowest BCUT2D eigenvalue weighted by Gasteiger charge is -2.17. The highest BCUT2D eigenvalue weighted by atomic mass is 16.5. The van der Waals surface area contributed by atoms with Crippen LogP contribution in [0.15, 0.2) is 0 Å². The molecule has 15 heavy (non-hydrogen) atoms. The molecule has 0 aromatic rings. The maximum Gasteiger partial charge on any atom is 0.0593 e. The van der Waals surface area contributed by atoms with Crippen molar-refractivity contribution in [1.82, 2.24) is 10.2 Å². The first kappa shape index (κ1) is 14.9. The van der Waals surface area contributed by atoms with Gasteiger partial charge >= 0.3 is 0 Å². The molecule has 0 radical (unpaired) electrons. The van der Waals surface area contributed by atoms with E-state index in [2.05, 4.69) is 37.9 Å². The third-order valence-corrected chi connectivity index (χ3v) is 2.46. The molecule has 0 aromatic heterocycles. The molecule has 0 spiro atoms. The molecule has 0 aliphatic rings. The molecule has 0 bridgehead atoms. The molecule has 0 saturated carbocycles. The fraction of sp³-hybridized carbons (Fsp3) is 1.00. The average Bonchev–Trinajstić information content (AvgIpc) is 2.22. The van der Waals surface area contributed by atoms with Crippen molar-refractivity contribution in [3.63, 3.8) is 0 Å². The van der Waals surface area contributed by atoms with Gasteiger partial charge in [-0.3, -0.25) is 0 Å². The summed E-state index contributed by atoms with van der Waals surface area (Å²) in [6, 6.07) is 0.584. The highest BCUT2D eigenvalue weighted by Crippen LogP contribution is 1.88. The van der Waals surface area contributed by atoms with E-state index in [0.29, 0.717) is 6.04 Å². The summed E-state index contributed by atoms with van der Waals surface area (Å²) in [4.78, 5) is 2.38. The highest BCUT2D eigenvalue weighted by molar-refractivity contribution is 4.53. The van der Waals surface area contributed by atoms with Gasteiger partial charge in [0.2, 0.25) is 0 Å². The number of nitrogens with one attached hydrogen (secondary N) is 1. The summed E-state index contributed by atoms with van der Waals surface area (Å²) in [5.74, 6) is 0. The Hall–Kier alpha value is -0.120. The monoisotopic (exact) mass is 216 g/mol. The molecule has 1 N–H and O–H groups in total. The van der Waals surface area contributed by atoms with Crippen LogP contribution >= 0.6 is 0 Å². The van der Waals surface area contributed by atoms with Crippen molar-refractivity contribution in [2.45, 2.75) is 40.2 Å². The predicted molar refractivity (Wildman–Crippen MR) is 66.4 cm³/mol. The van der Waals surface area contributed by atoms with Gasteiger partial charge in [0.1, 0.15) is 0 Å². The minimum absolute atomic E-state index is 0.584. The number of ether oxygens (including phenoxy) is 1. The lowest BCUT2D eigenvalue weighted by atomic mass is 10.3. The standard InChI is InChI=1S/C12H28N2O/c1-5-14(6-2)9-11-15-10-7-8-13-12(3)4/h12-13H,5-11H2,1-4H3. The van der Waals surface area contributed by atoms with Crippen LogP contribution in [0.3, 0.4) is 0 Å². The van der Waals surface area contributed by atoms with Gasteiger partial charge in [0.05, 0.1) is 6.61 Å². The molecule has 0 aromatic carbocycles. The van der Waals surface area contributed by atoms with Crippen LogP contribution in [0.25, 0.3) is 0 Å². The predicted octanol–water partition coefficient (Wildman–Crippen LogP) is 1.73. The summed E-state index contributed by atoms with van der Waals surface area (Å²) in [7, 11) is 0. The second-order valence-electron chi connectivity index (χ2n) is 4.10. The van der Waals surface area contributed by atoms with E-state index >= 15 is 0 Å². The summed E-state index contributed by atoms with van der Waals surface area (Å²) < 4.78 is 5.57. The van der Waals surface area contributed by atoms with Crippen LogP contribution in [0.2, 0.25) is 0 Å². The normalized spacial score (nSPS) is 11.6. The first-order valence-corrected chi connectivity index (χ1v) is 6.24. The molecule has 0 heterocycles. The largest absolute Gasteiger partial charge is 0.380 e. The van der Waals surface area contributed by atoms with Gasteiger partial charge in [-0.2, -0.15) is 0 Å². The summed E-state index contributed by atoms with van der Waals surface area (Å²) >= 11 is 0. The number of rotatable bonds is 10. The van der Waals surface area contributed by atoms with Crippen LogP contribution in [0.1, 0.15) is 34.1 Å². The first-order valence-electron chi connectivity index (χ1n) is 6.24. The summed E-state index contributed by atoms with van der Waals surface area (Å²) in [5, 5.41) is 3.38. The molecule has 3 heteroatoms. The summed E-state index contributed by atoms with van der Waals surface area (Å²) in [6.45, 7) is 14.8. The van der Waals surface area contributed by atoms with Crippen LogP contribution in [0, 0.1) is 0 Å². The maximum absolute atomic E-state index is 5.57. The van der Waals surface area contributed by atoms with Crippen molar-refractivity contribution >= 4 is 0 Å². The topological polar surface area (TPSA) is 24.5 Å². The van der Waals surface area contributed by atoms with Gasteiger partial charge in [-0.1, -0.05) is 27.7 Å². The zero-order valence-electron chi connectivity index (χ0n) is 10.9. The number of hydrogen-bond donors (Lipinski definition) is 1. The van der Waals surface area contributed by atoms with Crippen LogP contribution in [-0.2, 0) is 4.74 Å². The Morgan fingerprint density at radius 2 is 1.80 bits per heavy atom. The van der Waals surface area contributed by atoms with Gasteiger partial charge < -0.3 is 15.0 Å². The lowest BCUT2D eigenvalue weighted by Crippen LogP contribution is -2.28. The van der Waals surface area contributed by atoms with E-state index in [-0.39, 0.29) is 0 Å². The molecule has 0 rings (SSSR count). The average molecular weight is 216 g/mol. The molecular formula is C12H28N2O. The van der Waals surface area contributed by atoms with Crippen molar-refractivity contribution in [3.05, 3.63) is 0 Å². The summed E-state index contributed by atoms with van der Waals surface area (Å²) in [5.41, 5.74) is 0. The number of nitrogens with zero attached hydrogens (tertiary/aromatic N) is 1. The molecule has 0 fully saturated rings. The highest BCUT2D eigenvalue weighted by Gasteiger charge is 1.98. The Bertz CT molecular complexity index is 125. The van der Waals surface area contributed by atoms with Crippen molar-refractivity contribution in [3.8, 4) is 0 Å². The zero-order chi connectivity index (χ0) is 11.5. The van der Waals surface area contributed by atoms with E-state index in [1.54, 1.807) is 0 Å². The second-order valence-corrected chi connectivity index (χ2v) is 4.10. The van der Waals surface area contributed by atoms with E-state index in [1.165, 1.54) is 0 Å². The molecule has 0 aliphatic carbocycles. The van der Waals surface area contributed by atoms with Crippen LogP contribution in [0.5, 0.6) is 0 Å². The van der Waals surface area contributed by atoms with Gasteiger partial charge in [0, 0.05) is 19.2 Å². The molecule has 3 nitrogen and oxygen atoms in total. The minimum atomic E-state index is 0.584. The van der Waals surface area contributed by atoms with Gasteiger partial charge in [-0.05, 0) is 26.1 Å². The van der Waals surface area contributed by atoms with Crippen molar-refractivity contribution in [1.29, 1.82) is 0 Å². The molecule has 0 atom stereocenters. The molecule has 0 saturated heterocycles. The summed E-state index contributed by atoms with van der Waals surface area (Å²) in [6.07, 6.45) is 1.11. The number of hydrogen-bond acceptors (Lipinski definition) is 3. The van der Waals surface area contributed by atoms with Gasteiger partial charge in [0.25, 0.3) is 0 Å². The Morgan fingerprint density at radius 3 is 2.33 bits per heavy atom. The molecular weight excluding hydrogens is 188 g/mol. The Kier molecular flexibility index (Phi) is 10.3. The smallest absolute Gasteiger partial charge is 0.0593 e. The van der Waals surface area contributed by atoms with Crippen molar-refractivity contribution < 1.29 is 4.74 Å². The van der Waals surface area contributed by atoms with Gasteiger partial charge in [-0.15, -0.1) is 0 Å². The second kappa shape index (κ2) is 10.4. The first-order chi connectivity index (χ1) is 7.20. The van der Waals surface area contributed by atoms with Crippen LogP contribution in [-0.4, -0.2) is 50.3 Å². The Balaban J connectivity index is 3.10. The molecule has 0 amide bonds. The van der Waals surface area contributed by atoms with Crippen LogP contribution < -0.4 is 5.32 Å². The van der Waals surface area contributed by atoms with Crippen molar-refractivity contribution in [2.24, 2.45) is 0 Å². The van der Waals surface area contributed by atoms with Crippen molar-refractivity contribution in [2.75, 3.05) is 39.4 Å². The Labute approximate surface area is 95.2 Å². The van der Waals surface area contributed by atoms with Gasteiger partial charge in [0.15, 0.2) is 0 Å². The third kappa shape index (κ3) is 10.2. The third-order valence-electron chi connectivity index (χ3n) is 2.46. The Morgan fingerprint density at radius 1 is 1.13 bits per heavy atom. The van der Waals surface area contributed by atoms with E-state index in [0.717, 1.165) is 45.8 Å². The lowest BCUT2D eigenvalue weighted by molar-refractivity contribution is 0.105. The molecule has 0 unspecified atom stereocenters. The van der Waals surface area contributed by atoms with E-state index in [1.807, 2.05) is 0 Å². The van der Waals surface area contributed by atoms with E-state index in [9.17, 15) is 0 Å². The fourth-order valence-electron chi connectivity index (χ4n) is 1.40. The quantitative estimate of drug-likeness (QED) is 0.563. The van der Waals surface area contributed by atoms with E-state index < -0.39 is 0 Å². The fourth-order valence-corrected chi connectivity index (χ4v) is 1.40.